The summed E-state index contributed by atoms with van der Waals surface area (Å²) in [5.74, 6) is 0.438. The van der Waals surface area contributed by atoms with Crippen LogP contribution in [0.4, 0.5) is 4.39 Å². The maximum atomic E-state index is 14.1. The molecule has 1 aliphatic carbocycles. The summed E-state index contributed by atoms with van der Waals surface area (Å²) < 4.78 is 14.1. The average molecular weight is 276 g/mol. The van der Waals surface area contributed by atoms with E-state index in [1.165, 1.54) is 18.9 Å². The molecule has 1 N–H and O–H groups in total. The minimum Gasteiger partial charge on any atom is -0.318 e. The molecule has 108 valence electrons. The highest BCUT2D eigenvalue weighted by molar-refractivity contribution is 5.85. The fourth-order valence-electron chi connectivity index (χ4n) is 3.12. The molecule has 2 fully saturated rings. The van der Waals surface area contributed by atoms with E-state index in [2.05, 4.69) is 12.2 Å². The average Bonchev–Trinajstić information content (AvgIpc) is 3.23. The van der Waals surface area contributed by atoms with E-state index in [1.807, 2.05) is 17.9 Å². The fourth-order valence-corrected chi connectivity index (χ4v) is 3.12. The molecular formula is C16H21FN2O. The largest absolute Gasteiger partial charge is 0.318 e. The van der Waals surface area contributed by atoms with Crippen molar-refractivity contribution in [2.24, 2.45) is 5.92 Å². The Kier molecular flexibility index (Phi) is 3.50. The van der Waals surface area contributed by atoms with Gasteiger partial charge in [-0.3, -0.25) is 10.1 Å². The number of hydrogen-bond donors (Lipinski definition) is 1. The third kappa shape index (κ3) is 2.22. The summed E-state index contributed by atoms with van der Waals surface area (Å²) in [4.78, 5) is 14.4. The zero-order chi connectivity index (χ0) is 14.3. The summed E-state index contributed by atoms with van der Waals surface area (Å²) in [5.41, 5.74) is 0.573. The molecule has 3 unspecified atom stereocenters. The van der Waals surface area contributed by atoms with E-state index < -0.39 is 0 Å². The third-order valence-corrected chi connectivity index (χ3v) is 4.54. The van der Waals surface area contributed by atoms with Gasteiger partial charge < -0.3 is 4.90 Å². The number of rotatable bonds is 4. The van der Waals surface area contributed by atoms with Gasteiger partial charge in [0, 0.05) is 11.6 Å². The number of nitrogens with zero attached hydrogens (tertiary/aromatic N) is 1. The lowest BCUT2D eigenvalue weighted by Crippen LogP contribution is -2.40. The summed E-state index contributed by atoms with van der Waals surface area (Å²) in [6, 6.07) is 6.72. The molecule has 1 saturated heterocycles. The highest BCUT2D eigenvalue weighted by Crippen LogP contribution is 2.40. The summed E-state index contributed by atoms with van der Waals surface area (Å²) in [5, 5.41) is 3.30. The Morgan fingerprint density at radius 1 is 1.40 bits per heavy atom. The zero-order valence-electron chi connectivity index (χ0n) is 12.0. The van der Waals surface area contributed by atoms with Crippen LogP contribution in [0.15, 0.2) is 24.3 Å². The monoisotopic (exact) mass is 276 g/mol. The molecule has 3 nitrogen and oxygen atoms in total. The number of hydrogen-bond acceptors (Lipinski definition) is 2. The fraction of sp³-hybridized carbons (Fsp3) is 0.562. The van der Waals surface area contributed by atoms with E-state index in [-0.39, 0.29) is 30.0 Å². The second-order valence-corrected chi connectivity index (χ2v) is 5.88. The Balaban J connectivity index is 1.94. The second kappa shape index (κ2) is 5.17. The smallest absolute Gasteiger partial charge is 0.241 e. The molecule has 3 atom stereocenters. The van der Waals surface area contributed by atoms with Crippen LogP contribution in [0.2, 0.25) is 0 Å². The molecule has 1 aliphatic heterocycles. The lowest BCUT2D eigenvalue weighted by molar-refractivity contribution is -0.132. The Morgan fingerprint density at radius 2 is 2.10 bits per heavy atom. The van der Waals surface area contributed by atoms with Crippen LogP contribution >= 0.6 is 0 Å². The van der Waals surface area contributed by atoms with Crippen LogP contribution < -0.4 is 5.32 Å². The molecule has 0 aromatic heterocycles. The van der Waals surface area contributed by atoms with E-state index in [4.69, 9.17) is 0 Å². The first-order valence-corrected chi connectivity index (χ1v) is 7.46. The Labute approximate surface area is 119 Å². The van der Waals surface area contributed by atoms with Gasteiger partial charge in [-0.05, 0) is 38.2 Å². The molecule has 0 spiro atoms. The highest BCUT2D eigenvalue weighted by Gasteiger charge is 2.45. The van der Waals surface area contributed by atoms with Gasteiger partial charge in [0.15, 0.2) is 0 Å². The molecular weight excluding hydrogens is 255 g/mol. The van der Waals surface area contributed by atoms with E-state index in [0.29, 0.717) is 11.5 Å². The van der Waals surface area contributed by atoms with Crippen molar-refractivity contribution in [1.29, 1.82) is 0 Å². The van der Waals surface area contributed by atoms with Crippen LogP contribution in [0.5, 0.6) is 0 Å². The molecule has 1 heterocycles. The Bertz CT molecular complexity index is 515. The van der Waals surface area contributed by atoms with Crippen LogP contribution in [0.1, 0.15) is 44.8 Å². The van der Waals surface area contributed by atoms with Crippen LogP contribution in [0.25, 0.3) is 0 Å². The first-order valence-electron chi connectivity index (χ1n) is 7.46. The van der Waals surface area contributed by atoms with Gasteiger partial charge in [-0.15, -0.1) is 0 Å². The van der Waals surface area contributed by atoms with E-state index in [9.17, 15) is 9.18 Å². The second-order valence-electron chi connectivity index (χ2n) is 5.88. The van der Waals surface area contributed by atoms with Crippen LogP contribution in [0.3, 0.4) is 0 Å². The number of nitrogens with one attached hydrogen (secondary N) is 1. The Morgan fingerprint density at radius 3 is 2.70 bits per heavy atom. The molecule has 3 rings (SSSR count). The SMILES string of the molecule is CCC1NC(c2ccccc2F)N(C(C)C2CC2)C1=O. The predicted molar refractivity (Wildman–Crippen MR) is 75.4 cm³/mol. The standard InChI is InChI=1S/C16H21FN2O/c1-3-14-16(20)19(10(2)11-8-9-11)15(18-14)12-6-4-5-7-13(12)17/h4-7,10-11,14-15,18H,3,8-9H2,1-2H3. The third-order valence-electron chi connectivity index (χ3n) is 4.54. The Hall–Kier alpha value is -1.42. The first kappa shape index (κ1) is 13.6. The molecule has 1 aromatic rings. The highest BCUT2D eigenvalue weighted by atomic mass is 19.1. The van der Waals surface area contributed by atoms with Gasteiger partial charge >= 0.3 is 0 Å². The van der Waals surface area contributed by atoms with Crippen molar-refractivity contribution in [2.75, 3.05) is 0 Å². The number of halogens is 1. The lowest BCUT2D eigenvalue weighted by Gasteiger charge is -2.31. The molecule has 20 heavy (non-hydrogen) atoms. The zero-order valence-corrected chi connectivity index (χ0v) is 12.0. The molecule has 4 heteroatoms. The number of amides is 1. The van der Waals surface area contributed by atoms with Crippen LogP contribution in [0, 0.1) is 11.7 Å². The number of benzene rings is 1. The summed E-state index contributed by atoms with van der Waals surface area (Å²) >= 11 is 0. The number of carbonyl (C=O) groups is 1. The molecule has 2 aliphatic rings. The van der Waals surface area contributed by atoms with Crippen molar-refractivity contribution in [3.63, 3.8) is 0 Å². The van der Waals surface area contributed by atoms with E-state index in [0.717, 1.165) is 6.42 Å². The van der Waals surface area contributed by atoms with Crippen molar-refractivity contribution >= 4 is 5.91 Å². The van der Waals surface area contributed by atoms with Gasteiger partial charge in [0.2, 0.25) is 5.91 Å². The van der Waals surface area contributed by atoms with Gasteiger partial charge in [-0.2, -0.15) is 0 Å². The molecule has 0 radical (unpaired) electrons. The van der Waals surface area contributed by atoms with Crippen molar-refractivity contribution in [3.8, 4) is 0 Å². The van der Waals surface area contributed by atoms with Crippen LogP contribution in [-0.2, 0) is 4.79 Å². The van der Waals surface area contributed by atoms with Crippen molar-refractivity contribution in [1.82, 2.24) is 10.2 Å². The minimum absolute atomic E-state index is 0.111. The van der Waals surface area contributed by atoms with Gasteiger partial charge in [0.05, 0.1) is 6.04 Å². The topological polar surface area (TPSA) is 32.3 Å². The van der Waals surface area contributed by atoms with Gasteiger partial charge in [-0.25, -0.2) is 4.39 Å². The van der Waals surface area contributed by atoms with Gasteiger partial charge in [-0.1, -0.05) is 25.1 Å². The molecule has 1 amide bonds. The van der Waals surface area contributed by atoms with Crippen molar-refractivity contribution in [2.45, 2.75) is 51.4 Å². The maximum Gasteiger partial charge on any atom is 0.241 e. The maximum absolute atomic E-state index is 14.1. The normalized spacial score (nSPS) is 27.9. The van der Waals surface area contributed by atoms with Gasteiger partial charge in [0.25, 0.3) is 0 Å². The first-order chi connectivity index (χ1) is 9.63. The van der Waals surface area contributed by atoms with E-state index >= 15 is 0 Å². The van der Waals surface area contributed by atoms with Crippen LogP contribution in [-0.4, -0.2) is 22.9 Å². The van der Waals surface area contributed by atoms with Crippen molar-refractivity contribution in [3.05, 3.63) is 35.6 Å². The number of carbonyl (C=O) groups excluding carboxylic acids is 1. The lowest BCUT2D eigenvalue weighted by atomic mass is 10.1. The quantitative estimate of drug-likeness (QED) is 0.917. The van der Waals surface area contributed by atoms with Crippen molar-refractivity contribution < 1.29 is 9.18 Å². The summed E-state index contributed by atoms with van der Waals surface area (Å²) in [6.07, 6.45) is 2.75. The molecule has 0 bridgehead atoms. The molecule has 1 saturated carbocycles. The summed E-state index contributed by atoms with van der Waals surface area (Å²) in [7, 11) is 0. The predicted octanol–water partition coefficient (Wildman–Crippen LogP) is 2.83. The summed E-state index contributed by atoms with van der Waals surface area (Å²) in [6.45, 7) is 4.07. The van der Waals surface area contributed by atoms with E-state index in [1.54, 1.807) is 12.1 Å². The minimum atomic E-state index is -0.329. The van der Waals surface area contributed by atoms with Gasteiger partial charge in [0.1, 0.15) is 12.0 Å². The molecule has 1 aromatic carbocycles.